The van der Waals surface area contributed by atoms with Crippen molar-refractivity contribution in [2.45, 2.75) is 52.1 Å². The Morgan fingerprint density at radius 3 is 2.28 bits per heavy atom. The SMILES string of the molecule is COc1cc2c(c(OC)c1OC)-c1ccc(NC(CC(C)C)C(=O)Nc3ccc(O)cc3)c(=O)cc1C(NC(C)=O)CC2. The van der Waals surface area contributed by atoms with E-state index in [0.29, 0.717) is 53.3 Å². The minimum Gasteiger partial charge on any atom is -0.508 e. The van der Waals surface area contributed by atoms with Gasteiger partial charge in [0.25, 0.3) is 0 Å². The Bertz CT molecular complexity index is 1550. The van der Waals surface area contributed by atoms with Crippen LogP contribution >= 0.6 is 0 Å². The molecule has 0 fully saturated rings. The van der Waals surface area contributed by atoms with Crippen LogP contribution in [0.5, 0.6) is 23.0 Å². The Hall–Kier alpha value is -4.73. The minimum atomic E-state index is -0.721. The third kappa shape index (κ3) is 7.02. The summed E-state index contributed by atoms with van der Waals surface area (Å²) in [5.41, 5.74) is 3.43. The van der Waals surface area contributed by atoms with Gasteiger partial charge >= 0.3 is 0 Å². The fraction of sp³-hybridized carbons (Fsp3) is 0.364. The Balaban J connectivity index is 1.84. The number of phenols is 1. The summed E-state index contributed by atoms with van der Waals surface area (Å²) in [5, 5.41) is 18.6. The maximum atomic E-state index is 13.8. The molecule has 0 heterocycles. The number of nitrogens with one attached hydrogen (secondary N) is 3. The number of fused-ring (bicyclic) bond motifs is 3. The Labute approximate surface area is 251 Å². The molecule has 3 aromatic carbocycles. The summed E-state index contributed by atoms with van der Waals surface area (Å²) >= 11 is 0. The van der Waals surface area contributed by atoms with Crippen LogP contribution in [0.3, 0.4) is 0 Å². The van der Waals surface area contributed by atoms with Crippen molar-refractivity contribution in [2.24, 2.45) is 5.92 Å². The molecule has 4 rings (SSSR count). The van der Waals surface area contributed by atoms with Crippen LogP contribution in [0.25, 0.3) is 11.1 Å². The fourth-order valence-electron chi connectivity index (χ4n) is 5.49. The van der Waals surface area contributed by atoms with Gasteiger partial charge < -0.3 is 35.3 Å². The van der Waals surface area contributed by atoms with Gasteiger partial charge in [0.15, 0.2) is 11.5 Å². The number of carbonyl (C=O) groups excluding carboxylic acids is 2. The molecule has 228 valence electrons. The number of hydrogen-bond acceptors (Lipinski definition) is 8. The molecule has 2 unspecified atom stereocenters. The zero-order valence-electron chi connectivity index (χ0n) is 25.4. The van der Waals surface area contributed by atoms with E-state index in [4.69, 9.17) is 14.2 Å². The second-order valence-corrected chi connectivity index (χ2v) is 11.0. The second kappa shape index (κ2) is 13.5. The highest BCUT2D eigenvalue weighted by molar-refractivity contribution is 5.96. The lowest BCUT2D eigenvalue weighted by Gasteiger charge is -2.20. The first-order chi connectivity index (χ1) is 20.6. The third-order valence-electron chi connectivity index (χ3n) is 7.40. The lowest BCUT2D eigenvalue weighted by Crippen LogP contribution is -2.37. The van der Waals surface area contributed by atoms with E-state index in [1.54, 1.807) is 32.4 Å². The summed E-state index contributed by atoms with van der Waals surface area (Å²) < 4.78 is 17.1. The molecule has 0 radical (unpaired) electrons. The topological polar surface area (TPSA) is 135 Å². The molecule has 2 amide bonds. The first kappa shape index (κ1) is 31.2. The zero-order chi connectivity index (χ0) is 31.3. The smallest absolute Gasteiger partial charge is 0.246 e. The molecule has 0 bridgehead atoms. The van der Waals surface area contributed by atoms with Crippen LogP contribution in [0, 0.1) is 5.92 Å². The van der Waals surface area contributed by atoms with Gasteiger partial charge in [-0.15, -0.1) is 0 Å². The zero-order valence-corrected chi connectivity index (χ0v) is 25.4. The average molecular weight is 590 g/mol. The molecule has 1 aliphatic rings. The predicted octanol–water partition coefficient (Wildman–Crippen LogP) is 5.03. The van der Waals surface area contributed by atoms with Crippen molar-refractivity contribution in [2.75, 3.05) is 32.0 Å². The van der Waals surface area contributed by atoms with Crippen molar-refractivity contribution < 1.29 is 28.9 Å². The molecule has 4 N–H and O–H groups in total. The van der Waals surface area contributed by atoms with Gasteiger partial charge in [-0.2, -0.15) is 0 Å². The van der Waals surface area contributed by atoms with Crippen LogP contribution in [-0.2, 0) is 16.0 Å². The van der Waals surface area contributed by atoms with Crippen molar-refractivity contribution in [1.82, 2.24) is 5.32 Å². The summed E-state index contributed by atoms with van der Waals surface area (Å²) in [7, 11) is 4.64. The predicted molar refractivity (Wildman–Crippen MR) is 166 cm³/mol. The number of hydrogen-bond donors (Lipinski definition) is 4. The largest absolute Gasteiger partial charge is 0.508 e. The lowest BCUT2D eigenvalue weighted by atomic mass is 9.95. The van der Waals surface area contributed by atoms with E-state index < -0.39 is 12.1 Å². The number of ether oxygens (including phenoxy) is 3. The quantitative estimate of drug-likeness (QED) is 0.242. The van der Waals surface area contributed by atoms with Gasteiger partial charge in [-0.05, 0) is 84.3 Å². The van der Waals surface area contributed by atoms with Gasteiger partial charge in [-0.25, -0.2) is 0 Å². The first-order valence-corrected chi connectivity index (χ1v) is 14.2. The summed E-state index contributed by atoms with van der Waals surface area (Å²) in [4.78, 5) is 39.3. The van der Waals surface area contributed by atoms with E-state index in [1.165, 1.54) is 32.2 Å². The monoisotopic (exact) mass is 589 g/mol. The van der Waals surface area contributed by atoms with Gasteiger partial charge in [0, 0.05) is 18.2 Å². The summed E-state index contributed by atoms with van der Waals surface area (Å²) in [6.45, 7) is 5.44. The maximum absolute atomic E-state index is 13.8. The van der Waals surface area contributed by atoms with Crippen molar-refractivity contribution in [3.63, 3.8) is 0 Å². The summed E-state index contributed by atoms with van der Waals surface area (Å²) in [6.07, 6.45) is 1.59. The number of rotatable bonds is 10. The number of aromatic hydroxyl groups is 1. The number of methoxy groups -OCH3 is 3. The standard InChI is InChI=1S/C33H39N3O7/c1-18(2)15-27(33(40)35-21-8-10-22(38)11-9-21)36-26-14-12-23-24(17-28(26)39)25(34-19(3)37)13-7-20-16-29(41-4)31(42-5)32(43-6)30(20)23/h8-12,14,16-18,25,27,38H,7,13,15H2,1-6H3,(H,34,37)(H,35,40)(H,36,39). The van der Waals surface area contributed by atoms with Crippen molar-refractivity contribution >= 4 is 23.2 Å². The van der Waals surface area contributed by atoms with E-state index in [9.17, 15) is 19.5 Å². The molecule has 0 saturated heterocycles. The van der Waals surface area contributed by atoms with E-state index in [2.05, 4.69) is 16.0 Å². The second-order valence-electron chi connectivity index (χ2n) is 11.0. The highest BCUT2D eigenvalue weighted by atomic mass is 16.5. The van der Waals surface area contributed by atoms with E-state index >= 15 is 0 Å². The Morgan fingerprint density at radius 1 is 0.977 bits per heavy atom. The molecule has 10 nitrogen and oxygen atoms in total. The number of anilines is 2. The van der Waals surface area contributed by atoms with E-state index in [-0.39, 0.29) is 34.6 Å². The molecule has 2 atom stereocenters. The van der Waals surface area contributed by atoms with Gasteiger partial charge in [0.05, 0.1) is 33.1 Å². The normalized spacial score (nSPS) is 14.4. The van der Waals surface area contributed by atoms with Crippen LogP contribution in [0.15, 0.2) is 53.3 Å². The number of benzene rings is 2. The average Bonchev–Trinajstić information content (AvgIpc) is 3.21. The highest BCUT2D eigenvalue weighted by Crippen LogP contribution is 2.50. The highest BCUT2D eigenvalue weighted by Gasteiger charge is 2.30. The van der Waals surface area contributed by atoms with E-state index in [0.717, 1.165) is 11.1 Å². The molecule has 0 aliphatic heterocycles. The van der Waals surface area contributed by atoms with Crippen LogP contribution in [0.1, 0.15) is 50.8 Å². The molecule has 3 aromatic rings. The summed E-state index contributed by atoms with van der Waals surface area (Å²) in [6, 6.07) is 11.9. The van der Waals surface area contributed by atoms with E-state index in [1.807, 2.05) is 26.0 Å². The van der Waals surface area contributed by atoms with Crippen molar-refractivity contribution in [3.8, 4) is 34.1 Å². The van der Waals surface area contributed by atoms with Crippen LogP contribution < -0.4 is 35.6 Å². The maximum Gasteiger partial charge on any atom is 0.246 e. The van der Waals surface area contributed by atoms with Crippen LogP contribution in [-0.4, -0.2) is 44.3 Å². The van der Waals surface area contributed by atoms with Crippen LogP contribution in [0.4, 0.5) is 11.4 Å². The van der Waals surface area contributed by atoms with Crippen molar-refractivity contribution in [3.05, 3.63) is 69.9 Å². The number of carbonyl (C=O) groups is 2. The Morgan fingerprint density at radius 2 is 1.67 bits per heavy atom. The molecular formula is C33H39N3O7. The lowest BCUT2D eigenvalue weighted by molar-refractivity contribution is -0.120. The molecule has 0 saturated carbocycles. The van der Waals surface area contributed by atoms with Gasteiger partial charge in [-0.1, -0.05) is 19.9 Å². The van der Waals surface area contributed by atoms with Gasteiger partial charge in [-0.3, -0.25) is 14.4 Å². The number of phenolic OH excluding ortho intramolecular Hbond substituents is 1. The number of aryl methyl sites for hydroxylation is 1. The third-order valence-corrected chi connectivity index (χ3v) is 7.40. The molecular weight excluding hydrogens is 550 g/mol. The molecule has 1 aliphatic carbocycles. The van der Waals surface area contributed by atoms with Crippen LogP contribution in [0.2, 0.25) is 0 Å². The van der Waals surface area contributed by atoms with Gasteiger partial charge in [0.2, 0.25) is 23.0 Å². The Kier molecular flexibility index (Phi) is 9.80. The molecule has 10 heteroatoms. The fourth-order valence-corrected chi connectivity index (χ4v) is 5.49. The molecule has 43 heavy (non-hydrogen) atoms. The number of amides is 2. The minimum absolute atomic E-state index is 0.0919. The first-order valence-electron chi connectivity index (χ1n) is 14.2. The van der Waals surface area contributed by atoms with Crippen molar-refractivity contribution in [1.29, 1.82) is 0 Å². The summed E-state index contributed by atoms with van der Waals surface area (Å²) in [5.74, 6) is 1.10. The molecule has 0 aromatic heterocycles. The van der Waals surface area contributed by atoms with Gasteiger partial charge in [0.1, 0.15) is 11.8 Å². The molecule has 0 spiro atoms.